The summed E-state index contributed by atoms with van der Waals surface area (Å²) >= 11 is 2.20. The van der Waals surface area contributed by atoms with Crippen molar-refractivity contribution in [3.8, 4) is 0 Å². The first-order valence-electron chi connectivity index (χ1n) is 7.05. The van der Waals surface area contributed by atoms with Gasteiger partial charge in [-0.1, -0.05) is 25.3 Å². The third kappa shape index (κ3) is 31.8. The Labute approximate surface area is 151 Å². The number of hydrogen-bond acceptors (Lipinski definition) is 0. The normalized spacial score (nSPS) is 13.1. The third-order valence-corrected chi connectivity index (χ3v) is 3.24. The van der Waals surface area contributed by atoms with E-state index in [-0.39, 0.29) is 0 Å². The molecule has 0 bridgehead atoms. The molecule has 0 saturated heterocycles. The van der Waals surface area contributed by atoms with E-state index >= 15 is 0 Å². The molecule has 126 valence electrons. The van der Waals surface area contributed by atoms with Crippen LogP contribution in [0.4, 0.5) is 0 Å². The van der Waals surface area contributed by atoms with Crippen molar-refractivity contribution in [1.82, 2.24) is 0 Å². The zero-order valence-corrected chi connectivity index (χ0v) is 17.4. The van der Waals surface area contributed by atoms with Gasteiger partial charge in [0, 0.05) is 0 Å². The Morgan fingerprint density at radius 2 is 1.27 bits per heavy atom. The van der Waals surface area contributed by atoms with Crippen LogP contribution >= 0.6 is 0 Å². The van der Waals surface area contributed by atoms with Gasteiger partial charge in [-0.25, -0.2) is 0 Å². The summed E-state index contributed by atoms with van der Waals surface area (Å²) in [5.41, 5.74) is 0.411. The summed E-state index contributed by atoms with van der Waals surface area (Å²) in [6.07, 6.45) is 11.0. The van der Waals surface area contributed by atoms with E-state index < -0.39 is 0 Å². The van der Waals surface area contributed by atoms with Crippen LogP contribution in [0, 0.1) is 5.41 Å². The first kappa shape index (κ1) is 29.6. The Morgan fingerprint density at radius 3 is 1.41 bits per heavy atom. The summed E-state index contributed by atoms with van der Waals surface area (Å²) in [6, 6.07) is 0. The van der Waals surface area contributed by atoms with E-state index in [4.69, 9.17) is 0 Å². The van der Waals surface area contributed by atoms with Crippen molar-refractivity contribution in [2.24, 2.45) is 5.41 Å². The SMILES string of the molecule is C=CC=C.CC1(C)CC=CC=[C]1[Ti+3].C[N-]C.C[N-]C.C[N-]C. The van der Waals surface area contributed by atoms with Gasteiger partial charge in [-0.05, 0) is 0 Å². The molecule has 22 heavy (non-hydrogen) atoms. The maximum absolute atomic E-state index is 3.50. The molecule has 0 unspecified atom stereocenters. The predicted molar refractivity (Wildman–Crippen MR) is 102 cm³/mol. The summed E-state index contributed by atoms with van der Waals surface area (Å²) in [5, 5.41) is 10.5. The molecule has 1 aliphatic carbocycles. The molecule has 3 nitrogen and oxygen atoms in total. The van der Waals surface area contributed by atoms with Gasteiger partial charge in [-0.2, -0.15) is 42.3 Å². The minimum atomic E-state index is 0.411. The average molecular weight is 341 g/mol. The first-order chi connectivity index (χ1) is 10.3. The second-order valence-corrected chi connectivity index (χ2v) is 5.75. The van der Waals surface area contributed by atoms with Gasteiger partial charge in [0.1, 0.15) is 0 Å². The fraction of sp³-hybridized carbons (Fsp3) is 0.556. The van der Waals surface area contributed by atoms with E-state index in [1.807, 2.05) is 0 Å². The molecule has 0 heterocycles. The van der Waals surface area contributed by atoms with Crippen molar-refractivity contribution in [3.63, 3.8) is 0 Å². The second kappa shape index (κ2) is 25.5. The van der Waals surface area contributed by atoms with Gasteiger partial charge in [0.2, 0.25) is 0 Å². The second-order valence-electron chi connectivity index (χ2n) is 4.91. The van der Waals surface area contributed by atoms with Crippen LogP contribution in [-0.4, -0.2) is 42.3 Å². The Bertz CT molecular complexity index is 271. The minimum absolute atomic E-state index is 0.411. The predicted octanol–water partition coefficient (Wildman–Crippen LogP) is 5.62. The summed E-state index contributed by atoms with van der Waals surface area (Å²) in [6.45, 7) is 11.3. The summed E-state index contributed by atoms with van der Waals surface area (Å²) in [4.78, 5) is 0. The molecule has 4 heteroatoms. The number of hydrogen-bond donors (Lipinski definition) is 0. The molecule has 0 N–H and O–H groups in total. The molecule has 0 aromatic carbocycles. The van der Waals surface area contributed by atoms with Crippen LogP contribution in [0.2, 0.25) is 0 Å². The Hall–Kier alpha value is -0.446. The first-order valence-corrected chi connectivity index (χ1v) is 7.83. The van der Waals surface area contributed by atoms with Crippen molar-refractivity contribution in [1.29, 1.82) is 0 Å². The van der Waals surface area contributed by atoms with E-state index in [1.54, 1.807) is 54.4 Å². The average Bonchev–Trinajstić information content (AvgIpc) is 2.45. The molecule has 1 rings (SSSR count). The molecule has 0 aromatic rings. The molecule has 0 fully saturated rings. The quantitative estimate of drug-likeness (QED) is 0.439. The number of rotatable bonds is 1. The van der Waals surface area contributed by atoms with Gasteiger partial charge < -0.3 is 16.0 Å². The molecule has 0 saturated carbocycles. The fourth-order valence-electron chi connectivity index (χ4n) is 0.862. The fourth-order valence-corrected chi connectivity index (χ4v) is 1.17. The molecule has 0 aliphatic heterocycles. The number of allylic oxidation sites excluding steroid dienone is 6. The zero-order valence-electron chi connectivity index (χ0n) is 15.8. The molecule has 0 atom stereocenters. The standard InChI is InChI=1S/C8H11.C4H6.3C2H6N.Ti/c1-8(2)6-4-3-5-7-8;1-3-4-2;3*1-3-2;/h3-5H,6H2,1-2H3;3-4H,1-2H2;3*1-2H3;/q;;3*-1;+3. The van der Waals surface area contributed by atoms with Crippen LogP contribution in [0.3, 0.4) is 0 Å². The van der Waals surface area contributed by atoms with Crippen LogP contribution in [-0.2, 0) is 20.4 Å². The Balaban J connectivity index is -0.000000106. The van der Waals surface area contributed by atoms with Crippen LogP contribution in [0.25, 0.3) is 16.0 Å². The topological polar surface area (TPSA) is 42.3 Å². The summed E-state index contributed by atoms with van der Waals surface area (Å²) in [7, 11) is 10.5. The van der Waals surface area contributed by atoms with Crippen LogP contribution in [0.15, 0.2) is 47.4 Å². The van der Waals surface area contributed by atoms with Crippen LogP contribution < -0.4 is 0 Å². The van der Waals surface area contributed by atoms with Gasteiger partial charge >= 0.3 is 68.2 Å². The Morgan fingerprint density at radius 1 is 0.955 bits per heavy atom. The zero-order chi connectivity index (χ0) is 18.4. The van der Waals surface area contributed by atoms with Gasteiger partial charge in [0.15, 0.2) is 0 Å². The third-order valence-electron chi connectivity index (χ3n) is 1.92. The van der Waals surface area contributed by atoms with E-state index in [1.165, 1.54) is 10.3 Å². The van der Waals surface area contributed by atoms with Crippen molar-refractivity contribution in [2.45, 2.75) is 20.3 Å². The van der Waals surface area contributed by atoms with E-state index in [0.29, 0.717) is 5.41 Å². The van der Waals surface area contributed by atoms with E-state index in [9.17, 15) is 0 Å². The maximum Gasteiger partial charge on any atom is -0.162 e. The summed E-state index contributed by atoms with van der Waals surface area (Å²) in [5.74, 6) is 0. The Kier molecular flexibility index (Phi) is 34.3. The molecule has 0 amide bonds. The molecule has 1 aliphatic rings. The van der Waals surface area contributed by atoms with Gasteiger partial charge in [0.25, 0.3) is 0 Å². The monoisotopic (exact) mass is 341 g/mol. The van der Waals surface area contributed by atoms with E-state index in [2.05, 4.69) is 81.6 Å². The van der Waals surface area contributed by atoms with Crippen LogP contribution in [0.5, 0.6) is 0 Å². The van der Waals surface area contributed by atoms with Gasteiger partial charge in [0.05, 0.1) is 0 Å². The molecular formula is C18H35N3Ti. The molecule has 0 radical (unpaired) electrons. The van der Waals surface area contributed by atoms with Gasteiger partial charge in [-0.3, -0.25) is 0 Å². The molecule has 0 aromatic heterocycles. The van der Waals surface area contributed by atoms with Gasteiger partial charge in [-0.15, -0.1) is 0 Å². The maximum atomic E-state index is 3.50. The van der Waals surface area contributed by atoms with Crippen molar-refractivity contribution in [3.05, 3.63) is 63.4 Å². The van der Waals surface area contributed by atoms with Crippen molar-refractivity contribution < 1.29 is 20.4 Å². The van der Waals surface area contributed by atoms with Crippen molar-refractivity contribution >= 4 is 0 Å². The van der Waals surface area contributed by atoms with Crippen molar-refractivity contribution in [2.75, 3.05) is 42.3 Å². The summed E-state index contributed by atoms with van der Waals surface area (Å²) < 4.78 is 1.49. The molecule has 0 spiro atoms. The molecular weight excluding hydrogens is 306 g/mol. The minimum Gasteiger partial charge on any atom is -0.668 e. The van der Waals surface area contributed by atoms with Crippen LogP contribution in [0.1, 0.15) is 20.3 Å². The number of nitrogens with zero attached hydrogens (tertiary/aromatic N) is 3. The largest absolute Gasteiger partial charge is 0.668 e. The van der Waals surface area contributed by atoms with E-state index in [0.717, 1.165) is 0 Å². The smallest absolute Gasteiger partial charge is 0.162 e.